The number of thiophene rings is 1. The van der Waals surface area contributed by atoms with Crippen molar-refractivity contribution in [2.24, 2.45) is 0 Å². The smallest absolute Gasteiger partial charge is 0.273 e. The van der Waals surface area contributed by atoms with E-state index < -0.39 is 0 Å². The third-order valence-corrected chi connectivity index (χ3v) is 8.18. The van der Waals surface area contributed by atoms with E-state index in [-0.39, 0.29) is 11.8 Å². The standard InChI is InChI=1S/C16H24N2O2S3/c1-3-13-11(2)10-14(22-13)16(20)18-17-15(19)7-5-4-6-12-8-9-21-23-12/h10,12H,3-9H2,1-2H3,(H,17,19)(H,18,20). The molecule has 2 heterocycles. The summed E-state index contributed by atoms with van der Waals surface area (Å²) in [6.07, 6.45) is 5.82. The second kappa shape index (κ2) is 9.59. The molecule has 1 aliphatic rings. The molecular formula is C16H24N2O2S3. The molecule has 2 rings (SSSR count). The van der Waals surface area contributed by atoms with E-state index in [0.29, 0.717) is 11.3 Å². The molecule has 1 aliphatic heterocycles. The Morgan fingerprint density at radius 3 is 2.78 bits per heavy atom. The van der Waals surface area contributed by atoms with Gasteiger partial charge in [0, 0.05) is 22.3 Å². The van der Waals surface area contributed by atoms with Crippen LogP contribution in [0.3, 0.4) is 0 Å². The van der Waals surface area contributed by atoms with Gasteiger partial charge in [-0.15, -0.1) is 11.3 Å². The van der Waals surface area contributed by atoms with E-state index in [1.807, 2.05) is 34.6 Å². The van der Waals surface area contributed by atoms with E-state index in [2.05, 4.69) is 17.8 Å². The number of aryl methyl sites for hydroxylation is 2. The Labute approximate surface area is 149 Å². The van der Waals surface area contributed by atoms with Crippen LogP contribution in [0.4, 0.5) is 0 Å². The Balaban J connectivity index is 1.62. The van der Waals surface area contributed by atoms with Crippen LogP contribution >= 0.6 is 32.9 Å². The van der Waals surface area contributed by atoms with Gasteiger partial charge in [0.15, 0.2) is 0 Å². The molecule has 1 aromatic heterocycles. The molecule has 128 valence electrons. The third kappa shape index (κ3) is 6.04. The van der Waals surface area contributed by atoms with Gasteiger partial charge < -0.3 is 0 Å². The first kappa shape index (κ1) is 18.7. The highest BCUT2D eigenvalue weighted by Gasteiger charge is 2.16. The van der Waals surface area contributed by atoms with Crippen molar-refractivity contribution in [3.05, 3.63) is 21.4 Å². The lowest BCUT2D eigenvalue weighted by Gasteiger charge is -2.08. The van der Waals surface area contributed by atoms with E-state index in [0.717, 1.165) is 30.1 Å². The molecule has 0 aliphatic carbocycles. The normalized spacial score (nSPS) is 17.2. The Hall–Kier alpha value is -0.660. The zero-order valence-corrected chi connectivity index (χ0v) is 16.1. The molecule has 0 saturated carbocycles. The van der Waals surface area contributed by atoms with E-state index >= 15 is 0 Å². The van der Waals surface area contributed by atoms with E-state index in [1.54, 1.807) is 0 Å². The highest BCUT2D eigenvalue weighted by atomic mass is 33.1. The largest absolute Gasteiger partial charge is 0.279 e. The van der Waals surface area contributed by atoms with Gasteiger partial charge in [-0.2, -0.15) is 0 Å². The van der Waals surface area contributed by atoms with Gasteiger partial charge in [-0.3, -0.25) is 20.4 Å². The number of unbranched alkanes of at least 4 members (excludes halogenated alkanes) is 1. The van der Waals surface area contributed by atoms with Crippen LogP contribution < -0.4 is 10.9 Å². The Bertz CT molecular complexity index is 539. The summed E-state index contributed by atoms with van der Waals surface area (Å²) in [6.45, 7) is 4.08. The van der Waals surface area contributed by atoms with E-state index in [1.165, 1.54) is 34.8 Å². The maximum Gasteiger partial charge on any atom is 0.279 e. The Kier molecular flexibility index (Phi) is 7.79. The minimum atomic E-state index is -0.231. The second-order valence-electron chi connectivity index (χ2n) is 5.65. The van der Waals surface area contributed by atoms with Crippen LogP contribution in [-0.4, -0.2) is 22.8 Å². The molecule has 1 aromatic rings. The van der Waals surface area contributed by atoms with Gasteiger partial charge in [-0.25, -0.2) is 0 Å². The number of carbonyl (C=O) groups is 2. The van der Waals surface area contributed by atoms with Gasteiger partial charge in [-0.1, -0.05) is 34.9 Å². The maximum atomic E-state index is 12.0. The van der Waals surface area contributed by atoms with Crippen LogP contribution in [0.2, 0.25) is 0 Å². The lowest BCUT2D eigenvalue weighted by atomic mass is 10.1. The number of hydrogen-bond donors (Lipinski definition) is 2. The number of hydrazine groups is 1. The zero-order chi connectivity index (χ0) is 16.7. The lowest BCUT2D eigenvalue weighted by molar-refractivity contribution is -0.121. The van der Waals surface area contributed by atoms with Crippen LogP contribution in [0.15, 0.2) is 6.07 Å². The van der Waals surface area contributed by atoms with Gasteiger partial charge in [0.2, 0.25) is 5.91 Å². The first-order chi connectivity index (χ1) is 11.1. The Morgan fingerprint density at radius 1 is 1.30 bits per heavy atom. The SMILES string of the molecule is CCc1sc(C(=O)NNC(=O)CCCCC2CCSS2)cc1C. The van der Waals surface area contributed by atoms with Crippen LogP contribution in [0.5, 0.6) is 0 Å². The fourth-order valence-electron chi connectivity index (χ4n) is 2.46. The van der Waals surface area contributed by atoms with Crippen molar-refractivity contribution in [3.8, 4) is 0 Å². The maximum absolute atomic E-state index is 12.0. The van der Waals surface area contributed by atoms with Gasteiger partial charge in [-0.05, 0) is 44.2 Å². The number of hydrogen-bond acceptors (Lipinski definition) is 5. The van der Waals surface area contributed by atoms with Crippen molar-refractivity contribution in [1.29, 1.82) is 0 Å². The van der Waals surface area contributed by atoms with Crippen LogP contribution in [0.1, 0.15) is 59.1 Å². The van der Waals surface area contributed by atoms with Crippen molar-refractivity contribution in [1.82, 2.24) is 10.9 Å². The summed E-state index contributed by atoms with van der Waals surface area (Å²) < 4.78 is 0. The molecule has 4 nitrogen and oxygen atoms in total. The molecule has 23 heavy (non-hydrogen) atoms. The Morgan fingerprint density at radius 2 is 2.13 bits per heavy atom. The van der Waals surface area contributed by atoms with E-state index in [4.69, 9.17) is 0 Å². The summed E-state index contributed by atoms with van der Waals surface area (Å²) in [5.74, 6) is 0.908. The first-order valence-electron chi connectivity index (χ1n) is 8.07. The van der Waals surface area contributed by atoms with Gasteiger partial charge in [0.1, 0.15) is 0 Å². The van der Waals surface area contributed by atoms with Crippen LogP contribution in [-0.2, 0) is 11.2 Å². The van der Waals surface area contributed by atoms with Crippen molar-refractivity contribution in [2.75, 3.05) is 5.75 Å². The number of amides is 2. The minimum Gasteiger partial charge on any atom is -0.273 e. The first-order valence-corrected chi connectivity index (χ1v) is 11.3. The van der Waals surface area contributed by atoms with Crippen molar-refractivity contribution >= 4 is 44.7 Å². The highest BCUT2D eigenvalue weighted by Crippen LogP contribution is 2.39. The topological polar surface area (TPSA) is 58.2 Å². The molecule has 2 N–H and O–H groups in total. The molecule has 1 atom stereocenters. The predicted molar refractivity (Wildman–Crippen MR) is 101 cm³/mol. The van der Waals surface area contributed by atoms with Gasteiger partial charge in [0.05, 0.1) is 4.88 Å². The van der Waals surface area contributed by atoms with Crippen LogP contribution in [0.25, 0.3) is 0 Å². The molecule has 0 bridgehead atoms. The molecule has 1 saturated heterocycles. The summed E-state index contributed by atoms with van der Waals surface area (Å²) in [5, 5.41) is 0.762. The number of carbonyl (C=O) groups excluding carboxylic acids is 2. The molecular weight excluding hydrogens is 348 g/mol. The van der Waals surface area contributed by atoms with E-state index in [9.17, 15) is 9.59 Å². The average molecular weight is 373 g/mol. The molecule has 0 aromatic carbocycles. The summed E-state index contributed by atoms with van der Waals surface area (Å²) in [7, 11) is 3.93. The second-order valence-corrected chi connectivity index (χ2v) is 9.57. The highest BCUT2D eigenvalue weighted by molar-refractivity contribution is 8.77. The fourth-order valence-corrected chi connectivity index (χ4v) is 6.49. The van der Waals surface area contributed by atoms with Gasteiger partial charge >= 0.3 is 0 Å². The van der Waals surface area contributed by atoms with Crippen molar-refractivity contribution < 1.29 is 9.59 Å². The summed E-state index contributed by atoms with van der Waals surface area (Å²) in [6, 6.07) is 1.88. The summed E-state index contributed by atoms with van der Waals surface area (Å²) >= 11 is 1.49. The van der Waals surface area contributed by atoms with Crippen LogP contribution in [0, 0.1) is 6.92 Å². The molecule has 0 radical (unpaired) electrons. The average Bonchev–Trinajstić information content (AvgIpc) is 3.18. The molecule has 1 unspecified atom stereocenters. The molecule has 2 amide bonds. The molecule has 0 spiro atoms. The number of rotatable bonds is 7. The monoisotopic (exact) mass is 372 g/mol. The third-order valence-electron chi connectivity index (χ3n) is 3.79. The quantitative estimate of drug-likeness (QED) is 0.430. The predicted octanol–water partition coefficient (Wildman–Crippen LogP) is 4.09. The summed E-state index contributed by atoms with van der Waals surface area (Å²) in [5.41, 5.74) is 6.16. The lowest BCUT2D eigenvalue weighted by Crippen LogP contribution is -2.41. The van der Waals surface area contributed by atoms with Crippen molar-refractivity contribution in [2.45, 2.75) is 57.6 Å². The zero-order valence-electron chi connectivity index (χ0n) is 13.6. The molecule has 7 heteroatoms. The summed E-state index contributed by atoms with van der Waals surface area (Å²) in [4.78, 5) is 25.6. The fraction of sp³-hybridized carbons (Fsp3) is 0.625. The van der Waals surface area contributed by atoms with Gasteiger partial charge in [0.25, 0.3) is 5.91 Å². The van der Waals surface area contributed by atoms with Crippen molar-refractivity contribution in [3.63, 3.8) is 0 Å². The number of nitrogens with one attached hydrogen (secondary N) is 2. The minimum absolute atomic E-state index is 0.115. The molecule has 1 fully saturated rings.